The van der Waals surface area contributed by atoms with Crippen molar-refractivity contribution in [1.29, 1.82) is 0 Å². The monoisotopic (exact) mass is 633 g/mol. The number of epoxide rings is 1. The summed E-state index contributed by atoms with van der Waals surface area (Å²) in [7, 11) is 0. The molecule has 1 fully saturated rings. The van der Waals surface area contributed by atoms with E-state index in [1.807, 2.05) is 0 Å². The van der Waals surface area contributed by atoms with Crippen molar-refractivity contribution < 1.29 is 28.9 Å². The summed E-state index contributed by atoms with van der Waals surface area (Å²) >= 11 is 0. The van der Waals surface area contributed by atoms with Gasteiger partial charge in [0.05, 0.1) is 12.2 Å². The molecule has 0 bridgehead atoms. The first-order chi connectivity index (χ1) is 21.9. The number of carbonyl (C=O) groups excluding carboxylic acids is 2. The molecule has 0 aromatic carbocycles. The second kappa shape index (κ2) is 29.5. The highest BCUT2D eigenvalue weighted by Gasteiger charge is 2.36. The van der Waals surface area contributed by atoms with Gasteiger partial charge in [0.2, 0.25) is 0 Å². The molecular weight excluding hydrogens is 564 g/mol. The lowest BCUT2D eigenvalue weighted by Gasteiger charge is -2.12. The normalized spacial score (nSPS) is 17.2. The molecule has 260 valence electrons. The molecule has 0 aromatic heterocycles. The Labute approximate surface area is 276 Å². The molecule has 1 heterocycles. The first-order valence-electron chi connectivity index (χ1n) is 18.5. The summed E-state index contributed by atoms with van der Waals surface area (Å²) in [5.41, 5.74) is 0. The Kier molecular flexibility index (Phi) is 26.9. The summed E-state index contributed by atoms with van der Waals surface area (Å²) in [5.74, 6) is 0.183. The zero-order valence-electron chi connectivity index (χ0n) is 29.2. The van der Waals surface area contributed by atoms with Crippen molar-refractivity contribution in [2.75, 3.05) is 13.2 Å². The molecule has 45 heavy (non-hydrogen) atoms. The standard InChI is InChI=1S/C39H68O6/c1-4-5-6-7-8-9-10-11-15-18-21-24-28-36-37(45-36)29-26-31-39(42)44-33-35(40)32-43-38(41)30-25-22-19-16-13-12-14-17-20-23-27-34(2)3/h8-9,11,15,21,24,34-37,40H,4-7,10,12-14,16-20,22-23,25-33H2,1-3H3/b9-8-,15-11-,24-21-/t35-,36?,37?/m0/s1. The van der Waals surface area contributed by atoms with Crippen LogP contribution in [-0.2, 0) is 23.8 Å². The molecule has 1 saturated heterocycles. The van der Waals surface area contributed by atoms with Crippen LogP contribution in [0.15, 0.2) is 36.5 Å². The van der Waals surface area contributed by atoms with Gasteiger partial charge in [-0.2, -0.15) is 0 Å². The van der Waals surface area contributed by atoms with E-state index in [4.69, 9.17) is 14.2 Å². The lowest BCUT2D eigenvalue weighted by atomic mass is 10.0. The fourth-order valence-electron chi connectivity index (χ4n) is 5.30. The summed E-state index contributed by atoms with van der Waals surface area (Å²) in [6.07, 6.45) is 36.5. The molecule has 0 aromatic rings. The summed E-state index contributed by atoms with van der Waals surface area (Å²) < 4.78 is 16.0. The summed E-state index contributed by atoms with van der Waals surface area (Å²) in [6.45, 7) is 6.52. The van der Waals surface area contributed by atoms with Crippen LogP contribution in [0.2, 0.25) is 0 Å². The number of hydrogen-bond donors (Lipinski definition) is 1. The van der Waals surface area contributed by atoms with Crippen LogP contribution in [0.1, 0.15) is 162 Å². The Hall–Kier alpha value is -1.92. The first kappa shape index (κ1) is 41.1. The number of unbranched alkanes of at least 4 members (excludes halogenated alkanes) is 12. The van der Waals surface area contributed by atoms with Crippen molar-refractivity contribution in [3.8, 4) is 0 Å². The van der Waals surface area contributed by atoms with Crippen LogP contribution >= 0.6 is 0 Å². The van der Waals surface area contributed by atoms with Crippen LogP contribution < -0.4 is 0 Å². The molecule has 2 unspecified atom stereocenters. The maximum absolute atomic E-state index is 12.0. The Morgan fingerprint density at radius 2 is 1.20 bits per heavy atom. The maximum Gasteiger partial charge on any atom is 0.305 e. The molecule has 0 amide bonds. The first-order valence-corrected chi connectivity index (χ1v) is 18.5. The molecule has 3 atom stereocenters. The lowest BCUT2D eigenvalue weighted by Crippen LogP contribution is -2.25. The number of aliphatic hydroxyl groups is 1. The predicted octanol–water partition coefficient (Wildman–Crippen LogP) is 10.1. The number of rotatable bonds is 31. The summed E-state index contributed by atoms with van der Waals surface area (Å²) in [6, 6.07) is 0. The van der Waals surface area contributed by atoms with Gasteiger partial charge in [-0.25, -0.2) is 0 Å². The van der Waals surface area contributed by atoms with Gasteiger partial charge in [0.1, 0.15) is 19.3 Å². The number of ether oxygens (including phenoxy) is 3. The van der Waals surface area contributed by atoms with Gasteiger partial charge in [0, 0.05) is 12.8 Å². The molecule has 1 aliphatic heterocycles. The van der Waals surface area contributed by atoms with E-state index in [2.05, 4.69) is 57.2 Å². The third-order valence-corrected chi connectivity index (χ3v) is 8.23. The largest absolute Gasteiger partial charge is 0.463 e. The van der Waals surface area contributed by atoms with Crippen molar-refractivity contribution in [2.24, 2.45) is 5.92 Å². The summed E-state index contributed by atoms with van der Waals surface area (Å²) in [4.78, 5) is 24.0. The molecule has 6 nitrogen and oxygen atoms in total. The zero-order valence-corrected chi connectivity index (χ0v) is 29.2. The fourth-order valence-corrected chi connectivity index (χ4v) is 5.30. The van der Waals surface area contributed by atoms with E-state index in [0.717, 1.165) is 50.9 Å². The Bertz CT molecular complexity index is 801. The smallest absolute Gasteiger partial charge is 0.305 e. The van der Waals surface area contributed by atoms with E-state index >= 15 is 0 Å². The van der Waals surface area contributed by atoms with Crippen LogP contribution in [0.5, 0.6) is 0 Å². The Balaban J connectivity index is 1.89. The van der Waals surface area contributed by atoms with Gasteiger partial charge >= 0.3 is 11.9 Å². The topological polar surface area (TPSA) is 85.4 Å². The highest BCUT2D eigenvalue weighted by atomic mass is 16.6. The molecule has 0 saturated carbocycles. The second-order valence-corrected chi connectivity index (χ2v) is 13.2. The van der Waals surface area contributed by atoms with Crippen LogP contribution in [0.3, 0.4) is 0 Å². The van der Waals surface area contributed by atoms with E-state index < -0.39 is 6.10 Å². The average molecular weight is 633 g/mol. The number of esters is 2. The number of carbonyl (C=O) groups is 2. The van der Waals surface area contributed by atoms with Gasteiger partial charge in [0.25, 0.3) is 0 Å². The number of aliphatic hydroxyl groups excluding tert-OH is 1. The van der Waals surface area contributed by atoms with Crippen molar-refractivity contribution in [2.45, 2.75) is 180 Å². The van der Waals surface area contributed by atoms with Crippen molar-refractivity contribution in [1.82, 2.24) is 0 Å². The third-order valence-electron chi connectivity index (χ3n) is 8.23. The van der Waals surface area contributed by atoms with E-state index in [1.54, 1.807) is 0 Å². The van der Waals surface area contributed by atoms with E-state index in [9.17, 15) is 14.7 Å². The predicted molar refractivity (Wildman–Crippen MR) is 186 cm³/mol. The van der Waals surface area contributed by atoms with E-state index in [0.29, 0.717) is 19.3 Å². The summed E-state index contributed by atoms with van der Waals surface area (Å²) in [5, 5.41) is 10.0. The van der Waals surface area contributed by atoms with Crippen LogP contribution in [0.25, 0.3) is 0 Å². The molecule has 1 aliphatic rings. The number of hydrogen-bond acceptors (Lipinski definition) is 6. The van der Waals surface area contributed by atoms with Crippen molar-refractivity contribution in [3.05, 3.63) is 36.5 Å². The minimum Gasteiger partial charge on any atom is -0.463 e. The van der Waals surface area contributed by atoms with Gasteiger partial charge in [0.15, 0.2) is 0 Å². The average Bonchev–Trinajstić information content (AvgIpc) is 3.77. The van der Waals surface area contributed by atoms with Gasteiger partial charge in [-0.15, -0.1) is 0 Å². The second-order valence-electron chi connectivity index (χ2n) is 13.2. The van der Waals surface area contributed by atoms with E-state index in [-0.39, 0.29) is 37.4 Å². The molecular formula is C39H68O6. The Morgan fingerprint density at radius 3 is 1.80 bits per heavy atom. The molecule has 1 N–H and O–H groups in total. The molecule has 0 aliphatic carbocycles. The molecule has 0 spiro atoms. The lowest BCUT2D eigenvalue weighted by molar-refractivity contribution is -0.152. The minimum atomic E-state index is -0.993. The van der Waals surface area contributed by atoms with Crippen molar-refractivity contribution >= 4 is 11.9 Å². The molecule has 1 rings (SSSR count). The van der Waals surface area contributed by atoms with Crippen LogP contribution in [-0.4, -0.2) is 48.6 Å². The van der Waals surface area contributed by atoms with Gasteiger partial charge in [-0.1, -0.05) is 134 Å². The fraction of sp³-hybridized carbons (Fsp3) is 0.795. The zero-order chi connectivity index (χ0) is 32.8. The van der Waals surface area contributed by atoms with Crippen LogP contribution in [0.4, 0.5) is 0 Å². The van der Waals surface area contributed by atoms with Crippen molar-refractivity contribution in [3.63, 3.8) is 0 Å². The van der Waals surface area contributed by atoms with Crippen LogP contribution in [0, 0.1) is 5.92 Å². The SMILES string of the molecule is CCCCC/C=C\C/C=C\C/C=C\CC1OC1CCCC(=O)OC[C@@H](O)COC(=O)CCCCCCCCCCCCC(C)C. The highest BCUT2D eigenvalue weighted by Crippen LogP contribution is 2.30. The Morgan fingerprint density at radius 1 is 0.667 bits per heavy atom. The van der Waals surface area contributed by atoms with Gasteiger partial charge in [-0.3, -0.25) is 9.59 Å². The highest BCUT2D eigenvalue weighted by molar-refractivity contribution is 5.69. The number of allylic oxidation sites excluding steroid dienone is 5. The third kappa shape index (κ3) is 28.1. The quantitative estimate of drug-likeness (QED) is 0.0354. The molecule has 0 radical (unpaired) electrons. The van der Waals surface area contributed by atoms with Gasteiger partial charge in [-0.05, 0) is 57.3 Å². The van der Waals surface area contributed by atoms with Gasteiger partial charge < -0.3 is 19.3 Å². The molecule has 6 heteroatoms. The maximum atomic E-state index is 12.0. The van der Waals surface area contributed by atoms with E-state index in [1.165, 1.54) is 77.0 Å². The minimum absolute atomic E-state index is 0.139.